The highest BCUT2D eigenvalue weighted by Gasteiger charge is 2.12. The van der Waals surface area contributed by atoms with E-state index in [2.05, 4.69) is 15.6 Å². The number of halogens is 1. The van der Waals surface area contributed by atoms with Crippen molar-refractivity contribution in [1.82, 2.24) is 4.98 Å². The normalized spacial score (nSPS) is 10.5. The van der Waals surface area contributed by atoms with E-state index in [9.17, 15) is 9.59 Å². The number of aromatic nitrogens is 1. The van der Waals surface area contributed by atoms with Gasteiger partial charge in [0, 0.05) is 21.0 Å². The molecule has 0 saturated heterocycles. The molecular weight excluding hydrogens is 390 g/mol. The average Bonchev–Trinajstić information content (AvgIpc) is 3.23. The number of benzene rings is 1. The molecule has 8 heteroatoms. The van der Waals surface area contributed by atoms with E-state index >= 15 is 0 Å². The number of rotatable bonds is 6. The maximum absolute atomic E-state index is 12.2. The van der Waals surface area contributed by atoms with E-state index in [1.807, 2.05) is 30.5 Å². The summed E-state index contributed by atoms with van der Waals surface area (Å²) in [6.45, 7) is 1.90. The first kappa shape index (κ1) is 18.6. The minimum atomic E-state index is -0.183. The lowest BCUT2D eigenvalue weighted by Gasteiger charge is -2.08. The SMILES string of the molecule is Cc1ccc(Cl)cc1NC(=O)Cc1csc(NC(=O)Cc2cccs2)n1. The lowest BCUT2D eigenvalue weighted by molar-refractivity contribution is -0.116. The Kier molecular flexibility index (Phi) is 6.03. The fraction of sp³-hybridized carbons (Fsp3) is 0.167. The molecule has 0 saturated carbocycles. The van der Waals surface area contributed by atoms with Crippen LogP contribution in [0.1, 0.15) is 16.1 Å². The number of thiophene rings is 1. The van der Waals surface area contributed by atoms with Gasteiger partial charge in [0.05, 0.1) is 18.5 Å². The second-order valence-electron chi connectivity index (χ2n) is 5.63. The fourth-order valence-corrected chi connectivity index (χ4v) is 3.87. The molecule has 0 atom stereocenters. The van der Waals surface area contributed by atoms with E-state index in [1.54, 1.807) is 17.5 Å². The van der Waals surface area contributed by atoms with Crippen LogP contribution in [0.5, 0.6) is 0 Å². The highest BCUT2D eigenvalue weighted by Crippen LogP contribution is 2.21. The number of anilines is 2. The molecule has 0 aliphatic heterocycles. The van der Waals surface area contributed by atoms with Crippen molar-refractivity contribution in [3.05, 3.63) is 62.2 Å². The van der Waals surface area contributed by atoms with Crippen LogP contribution in [0.4, 0.5) is 10.8 Å². The summed E-state index contributed by atoms with van der Waals surface area (Å²) in [5.74, 6) is -0.301. The minimum Gasteiger partial charge on any atom is -0.325 e. The molecule has 3 aromatic rings. The first-order valence-corrected chi connectivity index (χ1v) is 9.96. The summed E-state index contributed by atoms with van der Waals surface area (Å²) >= 11 is 8.80. The van der Waals surface area contributed by atoms with Crippen molar-refractivity contribution in [2.45, 2.75) is 19.8 Å². The highest BCUT2D eigenvalue weighted by molar-refractivity contribution is 7.14. The topological polar surface area (TPSA) is 71.1 Å². The Bertz CT molecular complexity index is 922. The maximum Gasteiger partial charge on any atom is 0.231 e. The van der Waals surface area contributed by atoms with Gasteiger partial charge in [-0.2, -0.15) is 0 Å². The fourth-order valence-electron chi connectivity index (χ4n) is 2.27. The van der Waals surface area contributed by atoms with E-state index < -0.39 is 0 Å². The van der Waals surface area contributed by atoms with Crippen LogP contribution in [0.15, 0.2) is 41.1 Å². The Morgan fingerprint density at radius 2 is 1.92 bits per heavy atom. The van der Waals surface area contributed by atoms with Crippen molar-refractivity contribution < 1.29 is 9.59 Å². The summed E-state index contributed by atoms with van der Waals surface area (Å²) in [4.78, 5) is 29.5. The molecule has 1 aromatic carbocycles. The van der Waals surface area contributed by atoms with Crippen LogP contribution in [-0.2, 0) is 22.4 Å². The van der Waals surface area contributed by atoms with Gasteiger partial charge in [-0.3, -0.25) is 9.59 Å². The molecule has 0 fully saturated rings. The standard InChI is InChI=1S/C18H16ClN3O2S2/c1-11-4-5-12(19)7-15(11)21-16(23)8-13-10-26-18(20-13)22-17(24)9-14-3-2-6-25-14/h2-7,10H,8-9H2,1H3,(H,21,23)(H,20,22,24). The van der Waals surface area contributed by atoms with E-state index in [1.165, 1.54) is 22.7 Å². The van der Waals surface area contributed by atoms with Gasteiger partial charge in [-0.15, -0.1) is 22.7 Å². The van der Waals surface area contributed by atoms with Gasteiger partial charge in [0.2, 0.25) is 11.8 Å². The van der Waals surface area contributed by atoms with Crippen molar-refractivity contribution in [2.75, 3.05) is 10.6 Å². The average molecular weight is 406 g/mol. The van der Waals surface area contributed by atoms with E-state index in [0.29, 0.717) is 28.0 Å². The first-order valence-electron chi connectivity index (χ1n) is 7.82. The molecule has 0 bridgehead atoms. The number of hydrogen-bond donors (Lipinski definition) is 2. The van der Waals surface area contributed by atoms with Gasteiger partial charge < -0.3 is 10.6 Å². The zero-order valence-electron chi connectivity index (χ0n) is 13.9. The molecule has 26 heavy (non-hydrogen) atoms. The van der Waals surface area contributed by atoms with Gasteiger partial charge in [0.25, 0.3) is 0 Å². The first-order chi connectivity index (χ1) is 12.5. The van der Waals surface area contributed by atoms with E-state index in [-0.39, 0.29) is 18.2 Å². The van der Waals surface area contributed by atoms with Gasteiger partial charge in [0.15, 0.2) is 5.13 Å². The van der Waals surface area contributed by atoms with E-state index in [0.717, 1.165) is 10.4 Å². The molecule has 134 valence electrons. The predicted octanol–water partition coefficient (Wildman–Crippen LogP) is 4.53. The Hall–Kier alpha value is -2.22. The van der Waals surface area contributed by atoms with Crippen molar-refractivity contribution in [2.24, 2.45) is 0 Å². The summed E-state index contributed by atoms with van der Waals surface area (Å²) in [5.41, 5.74) is 2.23. The van der Waals surface area contributed by atoms with Crippen LogP contribution in [0.2, 0.25) is 5.02 Å². The smallest absolute Gasteiger partial charge is 0.231 e. The van der Waals surface area contributed by atoms with Crippen LogP contribution in [-0.4, -0.2) is 16.8 Å². The van der Waals surface area contributed by atoms with Crippen LogP contribution in [0.3, 0.4) is 0 Å². The molecule has 0 aliphatic rings. The number of amides is 2. The Balaban J connectivity index is 1.55. The van der Waals surface area contributed by atoms with Crippen LogP contribution in [0, 0.1) is 6.92 Å². The monoisotopic (exact) mass is 405 g/mol. The molecule has 0 radical (unpaired) electrons. The highest BCUT2D eigenvalue weighted by atomic mass is 35.5. The molecule has 0 spiro atoms. The molecule has 0 unspecified atom stereocenters. The zero-order valence-corrected chi connectivity index (χ0v) is 16.3. The summed E-state index contributed by atoms with van der Waals surface area (Å²) in [5, 5.41) is 10.4. The molecule has 2 N–H and O–H groups in total. The van der Waals surface area contributed by atoms with Crippen molar-refractivity contribution in [3.63, 3.8) is 0 Å². The summed E-state index contributed by atoms with van der Waals surface area (Å²) in [6, 6.07) is 9.17. The molecule has 5 nitrogen and oxygen atoms in total. The van der Waals surface area contributed by atoms with Crippen molar-refractivity contribution >= 4 is 56.9 Å². The molecular formula is C18H16ClN3O2S2. The predicted molar refractivity (Wildman–Crippen MR) is 107 cm³/mol. The number of hydrogen-bond acceptors (Lipinski definition) is 5. The molecule has 2 amide bonds. The van der Waals surface area contributed by atoms with Gasteiger partial charge in [-0.25, -0.2) is 4.98 Å². The van der Waals surface area contributed by atoms with Crippen LogP contribution >= 0.6 is 34.3 Å². The second kappa shape index (κ2) is 8.44. The Labute approximate surface area is 164 Å². The third-order valence-corrected chi connectivity index (χ3v) is 5.45. The number of carbonyl (C=O) groups is 2. The molecule has 3 rings (SSSR count). The van der Waals surface area contributed by atoms with Crippen LogP contribution < -0.4 is 10.6 Å². The third kappa shape index (κ3) is 5.14. The van der Waals surface area contributed by atoms with E-state index in [4.69, 9.17) is 11.6 Å². The number of nitrogens with zero attached hydrogens (tertiary/aromatic N) is 1. The lowest BCUT2D eigenvalue weighted by Crippen LogP contribution is -2.16. The van der Waals surface area contributed by atoms with Gasteiger partial charge in [0.1, 0.15) is 0 Å². The van der Waals surface area contributed by atoms with Gasteiger partial charge in [-0.05, 0) is 36.1 Å². The third-order valence-electron chi connectivity index (χ3n) is 3.53. The van der Waals surface area contributed by atoms with Crippen molar-refractivity contribution in [1.29, 1.82) is 0 Å². The van der Waals surface area contributed by atoms with Crippen molar-refractivity contribution in [3.8, 4) is 0 Å². The summed E-state index contributed by atoms with van der Waals surface area (Å²) in [7, 11) is 0. The number of thiazole rings is 1. The largest absolute Gasteiger partial charge is 0.325 e. The van der Waals surface area contributed by atoms with Crippen LogP contribution in [0.25, 0.3) is 0 Å². The second-order valence-corrected chi connectivity index (χ2v) is 7.96. The summed E-state index contributed by atoms with van der Waals surface area (Å²) in [6.07, 6.45) is 0.449. The molecule has 2 aromatic heterocycles. The summed E-state index contributed by atoms with van der Waals surface area (Å²) < 4.78 is 0. The van der Waals surface area contributed by atoms with Gasteiger partial charge in [-0.1, -0.05) is 23.7 Å². The zero-order chi connectivity index (χ0) is 18.5. The molecule has 2 heterocycles. The number of nitrogens with one attached hydrogen (secondary N) is 2. The quantitative estimate of drug-likeness (QED) is 0.632. The maximum atomic E-state index is 12.2. The number of carbonyl (C=O) groups excluding carboxylic acids is 2. The van der Waals surface area contributed by atoms with Gasteiger partial charge >= 0.3 is 0 Å². The Morgan fingerprint density at radius 3 is 2.69 bits per heavy atom. The minimum absolute atomic E-state index is 0.118. The molecule has 0 aliphatic carbocycles. The lowest BCUT2D eigenvalue weighted by atomic mass is 10.2. The number of aryl methyl sites for hydroxylation is 1. The Morgan fingerprint density at radius 1 is 1.12 bits per heavy atom.